The van der Waals surface area contributed by atoms with E-state index in [-0.39, 0.29) is 5.82 Å². The van der Waals surface area contributed by atoms with Crippen molar-refractivity contribution in [1.82, 2.24) is 15.0 Å². The number of aryl methyl sites for hydroxylation is 1. The van der Waals surface area contributed by atoms with Crippen LogP contribution in [0.25, 0.3) is 44.1 Å². The Morgan fingerprint density at radius 3 is 2.43 bits per heavy atom. The highest BCUT2D eigenvalue weighted by atomic mass is 35.5. The van der Waals surface area contributed by atoms with Gasteiger partial charge in [0.2, 0.25) is 0 Å². The molecule has 0 amide bonds. The minimum absolute atomic E-state index is 0.303. The van der Waals surface area contributed by atoms with Gasteiger partial charge in [0.25, 0.3) is 0 Å². The molecule has 150 valence electrons. The molecule has 0 bridgehead atoms. The number of aromatic nitrogens is 3. The van der Waals surface area contributed by atoms with Gasteiger partial charge in [-0.1, -0.05) is 11.6 Å². The summed E-state index contributed by atoms with van der Waals surface area (Å²) in [7, 11) is 1.33. The molecule has 5 aromatic rings. The quantitative estimate of drug-likeness (QED) is 0.303. The van der Waals surface area contributed by atoms with Crippen LogP contribution in [0, 0.1) is 12.7 Å². The zero-order valence-corrected chi connectivity index (χ0v) is 16.9. The summed E-state index contributed by atoms with van der Waals surface area (Å²) < 4.78 is 19.0. The van der Waals surface area contributed by atoms with E-state index >= 15 is 0 Å². The van der Waals surface area contributed by atoms with Gasteiger partial charge in [0.15, 0.2) is 0 Å². The van der Waals surface area contributed by atoms with Gasteiger partial charge in [-0.2, -0.15) is 0 Å². The first-order chi connectivity index (χ1) is 14.5. The highest BCUT2D eigenvalue weighted by Crippen LogP contribution is 2.42. The fraction of sp³-hybridized carbons (Fsp3) is 0.0870. The third-order valence-electron chi connectivity index (χ3n) is 5.43. The zero-order chi connectivity index (χ0) is 21.0. The lowest BCUT2D eigenvalue weighted by atomic mass is 9.95. The summed E-state index contributed by atoms with van der Waals surface area (Å²) in [6, 6.07) is 8.42. The SMILES string of the molecule is COC(=O)c1[nH]cc(-c2c[nH]c3cc(Cl)c(C)cc23)c1-c1c[nH]c2ccc(F)cc12. The Morgan fingerprint density at radius 2 is 1.63 bits per heavy atom. The van der Waals surface area contributed by atoms with Crippen LogP contribution in [0.15, 0.2) is 48.9 Å². The molecule has 0 radical (unpaired) electrons. The first kappa shape index (κ1) is 18.5. The molecule has 5 rings (SSSR count). The van der Waals surface area contributed by atoms with E-state index in [0.717, 1.165) is 33.1 Å². The second-order valence-electron chi connectivity index (χ2n) is 7.19. The molecule has 30 heavy (non-hydrogen) atoms. The number of fused-ring (bicyclic) bond motifs is 2. The summed E-state index contributed by atoms with van der Waals surface area (Å²) in [4.78, 5) is 22.0. The molecule has 0 aliphatic heterocycles. The number of nitrogens with one attached hydrogen (secondary N) is 3. The number of hydrogen-bond acceptors (Lipinski definition) is 2. The van der Waals surface area contributed by atoms with Crippen molar-refractivity contribution in [3.63, 3.8) is 0 Å². The van der Waals surface area contributed by atoms with Crippen LogP contribution in [-0.2, 0) is 4.74 Å². The van der Waals surface area contributed by atoms with Crippen LogP contribution in [0.3, 0.4) is 0 Å². The first-order valence-electron chi connectivity index (χ1n) is 9.32. The molecule has 0 atom stereocenters. The van der Waals surface area contributed by atoms with Gasteiger partial charge < -0.3 is 19.7 Å². The largest absolute Gasteiger partial charge is 0.464 e. The van der Waals surface area contributed by atoms with E-state index < -0.39 is 5.97 Å². The third-order valence-corrected chi connectivity index (χ3v) is 5.84. The van der Waals surface area contributed by atoms with Crippen molar-refractivity contribution in [3.8, 4) is 22.3 Å². The van der Waals surface area contributed by atoms with Crippen molar-refractivity contribution in [2.24, 2.45) is 0 Å². The molecule has 0 aliphatic rings. The van der Waals surface area contributed by atoms with Gasteiger partial charge in [0.1, 0.15) is 11.5 Å². The average molecular weight is 422 g/mol. The average Bonchev–Trinajstić information content (AvgIpc) is 3.43. The van der Waals surface area contributed by atoms with Crippen molar-refractivity contribution in [2.45, 2.75) is 6.92 Å². The van der Waals surface area contributed by atoms with E-state index in [9.17, 15) is 9.18 Å². The topological polar surface area (TPSA) is 73.7 Å². The number of carbonyl (C=O) groups is 1. The van der Waals surface area contributed by atoms with Gasteiger partial charge in [-0.25, -0.2) is 9.18 Å². The van der Waals surface area contributed by atoms with Crippen LogP contribution in [0.1, 0.15) is 16.1 Å². The van der Waals surface area contributed by atoms with Crippen molar-refractivity contribution in [3.05, 3.63) is 71.0 Å². The van der Waals surface area contributed by atoms with Crippen LogP contribution in [0.4, 0.5) is 4.39 Å². The summed E-state index contributed by atoms with van der Waals surface area (Å²) in [5.74, 6) is -0.849. The number of aromatic amines is 3. The van der Waals surface area contributed by atoms with Crippen molar-refractivity contribution in [1.29, 1.82) is 0 Å². The lowest BCUT2D eigenvalue weighted by Crippen LogP contribution is -2.03. The molecule has 0 unspecified atom stereocenters. The molecule has 7 heteroatoms. The smallest absolute Gasteiger partial charge is 0.355 e. The fourth-order valence-corrected chi connectivity index (χ4v) is 4.12. The number of methoxy groups -OCH3 is 1. The van der Waals surface area contributed by atoms with Gasteiger partial charge >= 0.3 is 5.97 Å². The van der Waals surface area contributed by atoms with Crippen LogP contribution in [0.5, 0.6) is 0 Å². The Morgan fingerprint density at radius 1 is 0.933 bits per heavy atom. The second-order valence-corrected chi connectivity index (χ2v) is 7.59. The summed E-state index contributed by atoms with van der Waals surface area (Å²) in [5.41, 5.74) is 5.97. The molecule has 0 aliphatic carbocycles. The van der Waals surface area contributed by atoms with E-state index in [1.54, 1.807) is 18.5 Å². The number of hydrogen-bond donors (Lipinski definition) is 3. The lowest BCUT2D eigenvalue weighted by Gasteiger charge is -2.07. The van der Waals surface area contributed by atoms with Crippen molar-refractivity contribution in [2.75, 3.05) is 7.11 Å². The Balaban J connectivity index is 1.83. The van der Waals surface area contributed by atoms with E-state index in [2.05, 4.69) is 15.0 Å². The number of carbonyl (C=O) groups excluding carboxylic acids is 1. The molecule has 0 saturated heterocycles. The highest BCUT2D eigenvalue weighted by Gasteiger charge is 2.24. The monoisotopic (exact) mass is 421 g/mol. The van der Waals surface area contributed by atoms with Crippen LogP contribution < -0.4 is 0 Å². The van der Waals surface area contributed by atoms with E-state index in [1.165, 1.54) is 19.2 Å². The van der Waals surface area contributed by atoms with Gasteiger partial charge in [-0.3, -0.25) is 0 Å². The van der Waals surface area contributed by atoms with Crippen LogP contribution in [0.2, 0.25) is 5.02 Å². The molecule has 5 nitrogen and oxygen atoms in total. The summed E-state index contributed by atoms with van der Waals surface area (Å²) in [6.45, 7) is 1.94. The molecule has 2 aromatic carbocycles. The number of halogens is 2. The van der Waals surface area contributed by atoms with Gasteiger partial charge in [-0.05, 0) is 42.8 Å². The number of benzene rings is 2. The molecule has 0 fully saturated rings. The molecular weight excluding hydrogens is 405 g/mol. The highest BCUT2D eigenvalue weighted by molar-refractivity contribution is 6.32. The second kappa shape index (κ2) is 6.78. The summed E-state index contributed by atoms with van der Waals surface area (Å²) in [6.07, 6.45) is 5.43. The van der Waals surface area contributed by atoms with Crippen LogP contribution in [-0.4, -0.2) is 28.0 Å². The maximum atomic E-state index is 14.0. The molecule has 0 spiro atoms. The van der Waals surface area contributed by atoms with E-state index in [4.69, 9.17) is 16.3 Å². The minimum atomic E-state index is -0.499. The van der Waals surface area contributed by atoms with Crippen molar-refractivity contribution < 1.29 is 13.9 Å². The Bertz CT molecular complexity index is 1440. The maximum Gasteiger partial charge on any atom is 0.355 e. The first-order valence-corrected chi connectivity index (χ1v) is 9.70. The minimum Gasteiger partial charge on any atom is -0.464 e. The fourth-order valence-electron chi connectivity index (χ4n) is 3.95. The third kappa shape index (κ3) is 2.72. The lowest BCUT2D eigenvalue weighted by molar-refractivity contribution is 0.0596. The normalized spacial score (nSPS) is 11.5. The molecule has 3 aromatic heterocycles. The van der Waals surface area contributed by atoms with E-state index in [1.807, 2.05) is 25.3 Å². The van der Waals surface area contributed by atoms with Gasteiger partial charge in [0, 0.05) is 67.7 Å². The number of ether oxygens (including phenoxy) is 1. The maximum absolute atomic E-state index is 14.0. The van der Waals surface area contributed by atoms with Crippen LogP contribution >= 0.6 is 11.6 Å². The Hall–Kier alpha value is -3.51. The molecule has 3 N–H and O–H groups in total. The molecular formula is C23H17ClFN3O2. The zero-order valence-electron chi connectivity index (χ0n) is 16.2. The van der Waals surface area contributed by atoms with E-state index in [0.29, 0.717) is 27.2 Å². The number of rotatable bonds is 3. The van der Waals surface area contributed by atoms with Crippen molar-refractivity contribution >= 4 is 39.4 Å². The summed E-state index contributed by atoms with van der Waals surface area (Å²) in [5, 5.41) is 2.33. The van der Waals surface area contributed by atoms with Gasteiger partial charge in [0.05, 0.1) is 7.11 Å². The molecule has 3 heterocycles. The Labute approximate surface area is 175 Å². The number of esters is 1. The Kier molecular flexibility index (Phi) is 4.18. The number of H-pyrrole nitrogens is 3. The van der Waals surface area contributed by atoms with Gasteiger partial charge in [-0.15, -0.1) is 0 Å². The predicted molar refractivity (Wildman–Crippen MR) is 116 cm³/mol. The standard InChI is InChI=1S/C23H17ClFN3O2/c1-11-5-13-15(8-27-20(13)7-18(11)24)17-10-28-22(23(29)30-2)21(17)16-9-26-19-4-3-12(25)6-14(16)19/h3-10,26-28H,1-2H3. The summed E-state index contributed by atoms with van der Waals surface area (Å²) >= 11 is 6.27. The predicted octanol–water partition coefficient (Wildman–Crippen LogP) is 6.20. The molecule has 0 saturated carbocycles.